The predicted molar refractivity (Wildman–Crippen MR) is 110 cm³/mol. The topological polar surface area (TPSA) is 93.5 Å². The Balaban J connectivity index is 1.52. The van der Waals surface area contributed by atoms with E-state index in [0.29, 0.717) is 24.7 Å². The number of hydrogen-bond acceptors (Lipinski definition) is 4. The molecule has 5 rings (SSSR count). The number of rotatable bonds is 1. The lowest BCUT2D eigenvalue weighted by Crippen LogP contribution is -2.64. The van der Waals surface area contributed by atoms with Crippen LogP contribution >= 0.6 is 0 Å². The lowest BCUT2D eigenvalue weighted by Gasteiger charge is -2.64. The van der Waals surface area contributed by atoms with E-state index in [1.54, 1.807) is 12.3 Å². The zero-order valence-electron chi connectivity index (χ0n) is 17.7. The summed E-state index contributed by atoms with van der Waals surface area (Å²) in [6.45, 7) is 4.47. The summed E-state index contributed by atoms with van der Waals surface area (Å²) in [5.74, 6) is 1.18. The maximum absolute atomic E-state index is 12.2. The molecule has 0 amide bonds. The van der Waals surface area contributed by atoms with E-state index in [4.69, 9.17) is 0 Å². The Morgan fingerprint density at radius 3 is 2.48 bits per heavy atom. The van der Waals surface area contributed by atoms with Crippen LogP contribution in [0.25, 0.3) is 0 Å². The van der Waals surface area contributed by atoms with Crippen LogP contribution in [0.1, 0.15) is 77.2 Å². The van der Waals surface area contributed by atoms with E-state index in [0.717, 1.165) is 50.5 Å². The Hall–Kier alpha value is -1.17. The van der Waals surface area contributed by atoms with Crippen molar-refractivity contribution < 1.29 is 15.3 Å². The minimum absolute atomic E-state index is 0.168. The summed E-state index contributed by atoms with van der Waals surface area (Å²) in [7, 11) is 0. The van der Waals surface area contributed by atoms with Gasteiger partial charge in [-0.3, -0.25) is 4.79 Å². The number of nitrogens with one attached hydrogen (secondary N) is 1. The highest BCUT2D eigenvalue weighted by molar-refractivity contribution is 5.30. The molecule has 0 aliphatic heterocycles. The van der Waals surface area contributed by atoms with Crippen LogP contribution in [0.15, 0.2) is 23.1 Å². The Morgan fingerprint density at radius 2 is 1.76 bits per heavy atom. The van der Waals surface area contributed by atoms with Crippen molar-refractivity contribution in [3.05, 3.63) is 34.2 Å². The van der Waals surface area contributed by atoms with Gasteiger partial charge >= 0.3 is 0 Å². The van der Waals surface area contributed by atoms with Gasteiger partial charge in [0, 0.05) is 23.2 Å². The summed E-state index contributed by atoms with van der Waals surface area (Å²) in [6, 6.07) is 3.20. The van der Waals surface area contributed by atoms with Crippen LogP contribution in [0.5, 0.6) is 0 Å². The van der Waals surface area contributed by atoms with Crippen molar-refractivity contribution in [2.75, 3.05) is 0 Å². The Kier molecular flexibility index (Phi) is 4.21. The molecule has 160 valence electrons. The number of H-pyrrole nitrogens is 1. The van der Waals surface area contributed by atoms with Crippen molar-refractivity contribution in [2.24, 2.45) is 28.6 Å². The van der Waals surface area contributed by atoms with Gasteiger partial charge in [-0.25, -0.2) is 0 Å². The molecule has 8 atom stereocenters. The molecular formula is C24H35NO4. The summed E-state index contributed by atoms with van der Waals surface area (Å²) < 4.78 is 0. The smallest absolute Gasteiger partial charge is 0.247 e. The van der Waals surface area contributed by atoms with Gasteiger partial charge in [-0.2, -0.15) is 0 Å². The van der Waals surface area contributed by atoms with Gasteiger partial charge in [-0.15, -0.1) is 0 Å². The molecule has 4 aliphatic rings. The number of aromatic nitrogens is 1. The van der Waals surface area contributed by atoms with Gasteiger partial charge in [-0.05, 0) is 87.0 Å². The number of hydrogen-bond donors (Lipinski definition) is 4. The van der Waals surface area contributed by atoms with Crippen LogP contribution in [0.3, 0.4) is 0 Å². The molecule has 0 radical (unpaired) electrons. The van der Waals surface area contributed by atoms with Crippen molar-refractivity contribution in [3.63, 3.8) is 0 Å². The highest BCUT2D eigenvalue weighted by Crippen LogP contribution is 2.71. The third-order valence-corrected chi connectivity index (χ3v) is 10.2. The first kappa shape index (κ1) is 19.8. The summed E-state index contributed by atoms with van der Waals surface area (Å²) in [5.41, 5.74) is -1.93. The molecule has 5 nitrogen and oxygen atoms in total. The highest BCUT2D eigenvalue weighted by atomic mass is 16.3. The number of fused-ring (bicyclic) bond motifs is 5. The van der Waals surface area contributed by atoms with Crippen LogP contribution in [-0.4, -0.2) is 32.0 Å². The minimum Gasteiger partial charge on any atom is -0.393 e. The molecule has 4 aliphatic carbocycles. The number of aromatic amines is 1. The van der Waals surface area contributed by atoms with E-state index >= 15 is 0 Å². The SMILES string of the molecule is C[C@]12CC[C@H](O)C[C@H]1CC[C@@H]1[C@@H]2CC[C@]2(C)[C@@](O)(c3ccc(=O)[nH]c3)CC[C@]12O. The third-order valence-electron chi connectivity index (χ3n) is 10.2. The number of aliphatic hydroxyl groups is 3. The normalized spacial score (nSPS) is 51.8. The van der Waals surface area contributed by atoms with E-state index in [-0.39, 0.29) is 23.0 Å². The molecule has 29 heavy (non-hydrogen) atoms. The molecule has 5 heteroatoms. The van der Waals surface area contributed by atoms with Crippen molar-refractivity contribution in [1.29, 1.82) is 0 Å². The molecule has 0 spiro atoms. The monoisotopic (exact) mass is 401 g/mol. The Bertz CT molecular complexity index is 848. The standard InChI is InChI=1S/C24H35NO4/c1-21-9-7-17(26)13-15(21)3-5-19-18(21)8-10-22(2)23(28,11-12-24(19,22)29)16-4-6-20(27)25-14-16/h4,6,14-15,17-19,26,28-29H,3,5,7-13H2,1-2H3,(H,25,27)/t15-,17+,18+,19-,21+,22-,23+,24+/m1/s1. The van der Waals surface area contributed by atoms with Gasteiger partial charge in [0.15, 0.2) is 0 Å². The summed E-state index contributed by atoms with van der Waals surface area (Å²) in [5, 5.41) is 34.3. The van der Waals surface area contributed by atoms with Crippen LogP contribution in [0, 0.1) is 28.6 Å². The minimum atomic E-state index is -1.13. The van der Waals surface area contributed by atoms with Crippen molar-refractivity contribution in [2.45, 2.75) is 88.9 Å². The quantitative estimate of drug-likeness (QED) is 0.582. The zero-order chi connectivity index (χ0) is 20.7. The van der Waals surface area contributed by atoms with Gasteiger partial charge in [0.05, 0.1) is 17.3 Å². The molecule has 1 aromatic heterocycles. The average molecular weight is 402 g/mol. The van der Waals surface area contributed by atoms with Crippen LogP contribution < -0.4 is 5.56 Å². The van der Waals surface area contributed by atoms with Gasteiger partial charge in [-0.1, -0.05) is 13.8 Å². The summed E-state index contributed by atoms with van der Waals surface area (Å²) in [6.07, 6.45) is 9.22. The molecular weight excluding hydrogens is 366 g/mol. The van der Waals surface area contributed by atoms with E-state index in [9.17, 15) is 20.1 Å². The molecule has 4 N–H and O–H groups in total. The maximum atomic E-state index is 12.2. The summed E-state index contributed by atoms with van der Waals surface area (Å²) in [4.78, 5) is 14.3. The van der Waals surface area contributed by atoms with Crippen LogP contribution in [-0.2, 0) is 5.60 Å². The van der Waals surface area contributed by atoms with Crippen molar-refractivity contribution in [1.82, 2.24) is 4.98 Å². The lowest BCUT2D eigenvalue weighted by atomic mass is 9.43. The van der Waals surface area contributed by atoms with Gasteiger partial charge < -0.3 is 20.3 Å². The summed E-state index contributed by atoms with van der Waals surface area (Å²) >= 11 is 0. The fourth-order valence-corrected chi connectivity index (χ4v) is 8.35. The van der Waals surface area contributed by atoms with E-state index in [1.807, 2.05) is 0 Å². The fraction of sp³-hybridized carbons (Fsp3) is 0.792. The molecule has 0 aromatic carbocycles. The molecule has 0 unspecified atom stereocenters. The first-order valence-electron chi connectivity index (χ1n) is 11.5. The largest absolute Gasteiger partial charge is 0.393 e. The number of pyridine rings is 1. The second kappa shape index (κ2) is 6.18. The van der Waals surface area contributed by atoms with Crippen LogP contribution in [0.4, 0.5) is 0 Å². The first-order chi connectivity index (χ1) is 13.6. The molecule has 4 saturated carbocycles. The van der Waals surface area contributed by atoms with Gasteiger partial charge in [0.2, 0.25) is 5.56 Å². The first-order valence-corrected chi connectivity index (χ1v) is 11.5. The van der Waals surface area contributed by atoms with E-state index in [1.165, 1.54) is 6.07 Å². The molecule has 1 aromatic rings. The lowest BCUT2D eigenvalue weighted by molar-refractivity contribution is -0.238. The third kappa shape index (κ3) is 2.41. The van der Waals surface area contributed by atoms with E-state index < -0.39 is 16.6 Å². The molecule has 1 heterocycles. The molecule has 0 bridgehead atoms. The Labute approximate surface area is 172 Å². The predicted octanol–water partition coefficient (Wildman–Crippen LogP) is 3.08. The van der Waals surface area contributed by atoms with Gasteiger partial charge in [0.25, 0.3) is 0 Å². The van der Waals surface area contributed by atoms with Crippen molar-refractivity contribution in [3.8, 4) is 0 Å². The second-order valence-corrected chi connectivity index (χ2v) is 11.0. The Morgan fingerprint density at radius 1 is 0.966 bits per heavy atom. The number of aliphatic hydroxyl groups excluding tert-OH is 1. The van der Waals surface area contributed by atoms with Crippen molar-refractivity contribution >= 4 is 0 Å². The zero-order valence-corrected chi connectivity index (χ0v) is 17.7. The van der Waals surface area contributed by atoms with E-state index in [2.05, 4.69) is 18.8 Å². The molecule has 4 fully saturated rings. The maximum Gasteiger partial charge on any atom is 0.247 e. The fourth-order valence-electron chi connectivity index (χ4n) is 8.35. The average Bonchev–Trinajstić information content (AvgIpc) is 2.91. The molecule has 0 saturated heterocycles. The highest BCUT2D eigenvalue weighted by Gasteiger charge is 2.72. The second-order valence-electron chi connectivity index (χ2n) is 11.0. The van der Waals surface area contributed by atoms with Crippen LogP contribution in [0.2, 0.25) is 0 Å². The van der Waals surface area contributed by atoms with Gasteiger partial charge in [0.1, 0.15) is 0 Å².